The zero-order valence-electron chi connectivity index (χ0n) is 8.37. The van der Waals surface area contributed by atoms with Gasteiger partial charge in [0.05, 0.1) is 11.6 Å². The van der Waals surface area contributed by atoms with Crippen LogP contribution in [0.3, 0.4) is 0 Å². The second kappa shape index (κ2) is 5.98. The van der Waals surface area contributed by atoms with Gasteiger partial charge in [0, 0.05) is 16.7 Å². The van der Waals surface area contributed by atoms with Crippen LogP contribution in [0, 0.1) is 11.3 Å². The molecule has 0 aromatic heterocycles. The molecule has 0 aliphatic heterocycles. The molecule has 1 aromatic rings. The molecule has 0 heterocycles. The molecule has 0 unspecified atom stereocenters. The molecule has 0 bridgehead atoms. The van der Waals surface area contributed by atoms with E-state index in [1.165, 1.54) is 0 Å². The highest BCUT2D eigenvalue weighted by Crippen LogP contribution is 2.22. The lowest BCUT2D eigenvalue weighted by molar-refractivity contribution is 0.161. The molecule has 0 fully saturated rings. The van der Waals surface area contributed by atoms with Crippen LogP contribution in [0.5, 0.6) is 0 Å². The van der Waals surface area contributed by atoms with Crippen LogP contribution >= 0.6 is 15.9 Å². The molecule has 0 spiro atoms. The fourth-order valence-electron chi connectivity index (χ4n) is 1.07. The number of nitrogens with two attached hydrogens (primary N) is 1. The first-order chi connectivity index (χ1) is 7.63. The van der Waals surface area contributed by atoms with E-state index >= 15 is 0 Å². The third-order valence-corrected chi connectivity index (χ3v) is 2.42. The fourth-order valence-corrected chi connectivity index (χ4v) is 1.58. The number of nitrogens with zero attached hydrogens (tertiary/aromatic N) is 1. The molecule has 0 atom stereocenters. The van der Waals surface area contributed by atoms with Gasteiger partial charge in [0.2, 0.25) is 0 Å². The molecule has 84 valence electrons. The second-order valence-electron chi connectivity index (χ2n) is 2.90. The third kappa shape index (κ3) is 3.79. The van der Waals surface area contributed by atoms with Crippen LogP contribution in [0.15, 0.2) is 22.7 Å². The number of anilines is 1. The Labute approximate surface area is 101 Å². The highest BCUT2D eigenvalue weighted by molar-refractivity contribution is 9.10. The number of ether oxygens (including phenoxy) is 1. The van der Waals surface area contributed by atoms with Crippen molar-refractivity contribution in [1.82, 2.24) is 0 Å². The van der Waals surface area contributed by atoms with E-state index in [1.54, 1.807) is 18.2 Å². The van der Waals surface area contributed by atoms with Crippen molar-refractivity contribution in [2.24, 2.45) is 5.73 Å². The molecule has 6 heteroatoms. The van der Waals surface area contributed by atoms with Gasteiger partial charge in [-0.05, 0) is 34.1 Å². The number of amides is 1. The summed E-state index contributed by atoms with van der Waals surface area (Å²) in [5.74, 6) is 0. The lowest BCUT2D eigenvalue weighted by Crippen LogP contribution is -2.18. The predicted molar refractivity (Wildman–Crippen MR) is 62.9 cm³/mol. The van der Waals surface area contributed by atoms with Crippen LogP contribution < -0.4 is 11.1 Å². The molecule has 0 radical (unpaired) electrons. The van der Waals surface area contributed by atoms with Gasteiger partial charge < -0.3 is 15.8 Å². The average Bonchev–Trinajstić information content (AvgIpc) is 2.25. The standard InChI is InChI=1S/C10H10BrN3O2/c11-8-5-7(6-12)1-2-9(8)14-3-4-16-10(13)15/h1-2,5,14H,3-4H2,(H2,13,15). The van der Waals surface area contributed by atoms with Gasteiger partial charge in [0.15, 0.2) is 0 Å². The average molecular weight is 284 g/mol. The van der Waals surface area contributed by atoms with Crippen molar-refractivity contribution in [3.05, 3.63) is 28.2 Å². The third-order valence-electron chi connectivity index (χ3n) is 1.76. The molecule has 0 aliphatic carbocycles. The first-order valence-corrected chi connectivity index (χ1v) is 5.28. The Morgan fingerprint density at radius 2 is 2.38 bits per heavy atom. The van der Waals surface area contributed by atoms with Crippen molar-refractivity contribution < 1.29 is 9.53 Å². The van der Waals surface area contributed by atoms with Crippen molar-refractivity contribution in [1.29, 1.82) is 5.26 Å². The highest BCUT2D eigenvalue weighted by Gasteiger charge is 2.01. The van der Waals surface area contributed by atoms with Crippen LogP contribution in [0.1, 0.15) is 5.56 Å². The maximum atomic E-state index is 10.3. The second-order valence-corrected chi connectivity index (χ2v) is 3.76. The summed E-state index contributed by atoms with van der Waals surface area (Å²) in [5.41, 5.74) is 6.21. The van der Waals surface area contributed by atoms with Crippen molar-refractivity contribution in [2.75, 3.05) is 18.5 Å². The first kappa shape index (κ1) is 12.3. The molecule has 0 saturated carbocycles. The Hall–Kier alpha value is -1.74. The molecule has 5 nitrogen and oxygen atoms in total. The molecular weight excluding hydrogens is 274 g/mol. The van der Waals surface area contributed by atoms with Crippen LogP contribution in [0.25, 0.3) is 0 Å². The smallest absolute Gasteiger partial charge is 0.404 e. The minimum Gasteiger partial charge on any atom is -0.448 e. The number of hydrogen-bond donors (Lipinski definition) is 2. The van der Waals surface area contributed by atoms with Gasteiger partial charge in [-0.3, -0.25) is 0 Å². The number of benzene rings is 1. The number of nitrogens with one attached hydrogen (secondary N) is 1. The number of rotatable bonds is 4. The molecule has 1 rings (SSSR count). The van der Waals surface area contributed by atoms with E-state index in [0.29, 0.717) is 12.1 Å². The molecular formula is C10H10BrN3O2. The summed E-state index contributed by atoms with van der Waals surface area (Å²) < 4.78 is 5.34. The molecule has 3 N–H and O–H groups in total. The molecule has 16 heavy (non-hydrogen) atoms. The van der Waals surface area contributed by atoms with Crippen LogP contribution in [0.2, 0.25) is 0 Å². The predicted octanol–water partition coefficient (Wildman–Crippen LogP) is 1.83. The number of carbonyl (C=O) groups is 1. The van der Waals surface area contributed by atoms with Gasteiger partial charge in [-0.1, -0.05) is 0 Å². The van der Waals surface area contributed by atoms with E-state index in [4.69, 9.17) is 11.0 Å². The van der Waals surface area contributed by atoms with Gasteiger partial charge >= 0.3 is 6.09 Å². The van der Waals surface area contributed by atoms with Gasteiger partial charge in [-0.15, -0.1) is 0 Å². The van der Waals surface area contributed by atoms with Crippen molar-refractivity contribution in [2.45, 2.75) is 0 Å². The van der Waals surface area contributed by atoms with E-state index in [0.717, 1.165) is 10.2 Å². The zero-order chi connectivity index (χ0) is 12.0. The summed E-state index contributed by atoms with van der Waals surface area (Å²) in [4.78, 5) is 10.3. The highest BCUT2D eigenvalue weighted by atomic mass is 79.9. The lowest BCUT2D eigenvalue weighted by Gasteiger charge is -2.08. The van der Waals surface area contributed by atoms with Crippen molar-refractivity contribution >= 4 is 27.7 Å². The summed E-state index contributed by atoms with van der Waals surface area (Å²) in [5, 5.41) is 11.7. The summed E-state index contributed by atoms with van der Waals surface area (Å²) in [7, 11) is 0. The van der Waals surface area contributed by atoms with E-state index < -0.39 is 6.09 Å². The van der Waals surface area contributed by atoms with Crippen LogP contribution in [-0.4, -0.2) is 19.2 Å². The Morgan fingerprint density at radius 3 is 2.94 bits per heavy atom. The van der Waals surface area contributed by atoms with E-state index in [-0.39, 0.29) is 6.61 Å². The Kier molecular flexibility index (Phi) is 4.61. The van der Waals surface area contributed by atoms with Gasteiger partial charge in [-0.25, -0.2) is 4.79 Å². The Bertz CT molecular complexity index is 429. The number of primary amides is 1. The molecule has 1 amide bonds. The summed E-state index contributed by atoms with van der Waals surface area (Å²) >= 11 is 3.32. The first-order valence-electron chi connectivity index (χ1n) is 4.49. The summed E-state index contributed by atoms with van der Waals surface area (Å²) in [6.07, 6.45) is -0.791. The molecule has 0 saturated heterocycles. The minimum atomic E-state index is -0.791. The van der Waals surface area contributed by atoms with E-state index in [2.05, 4.69) is 26.0 Å². The minimum absolute atomic E-state index is 0.196. The van der Waals surface area contributed by atoms with Crippen LogP contribution in [0.4, 0.5) is 10.5 Å². The Balaban J connectivity index is 2.49. The summed E-state index contributed by atoms with van der Waals surface area (Å²) in [6, 6.07) is 7.21. The van der Waals surface area contributed by atoms with Gasteiger partial charge in [0.25, 0.3) is 0 Å². The number of nitriles is 1. The number of halogens is 1. The number of hydrogen-bond acceptors (Lipinski definition) is 4. The SMILES string of the molecule is N#Cc1ccc(NCCOC(N)=O)c(Br)c1. The molecule has 0 aliphatic rings. The largest absolute Gasteiger partial charge is 0.448 e. The monoisotopic (exact) mass is 283 g/mol. The van der Waals surface area contributed by atoms with Gasteiger partial charge in [-0.2, -0.15) is 5.26 Å². The summed E-state index contributed by atoms with van der Waals surface area (Å²) in [6.45, 7) is 0.648. The van der Waals surface area contributed by atoms with E-state index in [9.17, 15) is 4.79 Å². The maximum Gasteiger partial charge on any atom is 0.404 e. The van der Waals surface area contributed by atoms with E-state index in [1.807, 2.05) is 6.07 Å². The quantitative estimate of drug-likeness (QED) is 0.825. The zero-order valence-corrected chi connectivity index (χ0v) is 9.95. The van der Waals surface area contributed by atoms with Crippen LogP contribution in [-0.2, 0) is 4.74 Å². The van der Waals surface area contributed by atoms with Crippen molar-refractivity contribution in [3.63, 3.8) is 0 Å². The maximum absolute atomic E-state index is 10.3. The van der Waals surface area contributed by atoms with Crippen molar-refractivity contribution in [3.8, 4) is 6.07 Å². The topological polar surface area (TPSA) is 88.1 Å². The fraction of sp³-hybridized carbons (Fsp3) is 0.200. The Morgan fingerprint density at radius 1 is 1.62 bits per heavy atom. The normalized spacial score (nSPS) is 9.25. The molecule has 1 aromatic carbocycles. The van der Waals surface area contributed by atoms with Gasteiger partial charge in [0.1, 0.15) is 6.61 Å². The number of carbonyl (C=O) groups excluding carboxylic acids is 1. The lowest BCUT2D eigenvalue weighted by atomic mass is 10.2.